The molecule has 2 aromatic rings. The molecule has 6 nitrogen and oxygen atoms in total. The summed E-state index contributed by atoms with van der Waals surface area (Å²) < 4.78 is 12.2. The van der Waals surface area contributed by atoms with Gasteiger partial charge in [0.05, 0.1) is 38.1 Å². The summed E-state index contributed by atoms with van der Waals surface area (Å²) in [7, 11) is 0. The highest BCUT2D eigenvalue weighted by Crippen LogP contribution is 2.65. The van der Waals surface area contributed by atoms with Crippen molar-refractivity contribution in [3.05, 3.63) is 82.2 Å². The average Bonchev–Trinajstić information content (AvgIpc) is 3.39. The molecule has 6 heteroatoms. The standard InChI is InChI=1S/C21H23N3O3/c22-24-23-18-19(25)17-11-21(17,14-26-12-15-7-3-1-4-8-15)20(18)27-13-16-9-5-2-6-10-16/h1-10,17-20,25H,11-14H2/t17-,18-,19+,20+,21+/m1/s1. The van der Waals surface area contributed by atoms with Crippen LogP contribution in [-0.4, -0.2) is 30.0 Å². The molecule has 27 heavy (non-hydrogen) atoms. The van der Waals surface area contributed by atoms with E-state index >= 15 is 0 Å². The maximum absolute atomic E-state index is 10.6. The summed E-state index contributed by atoms with van der Waals surface area (Å²) >= 11 is 0. The van der Waals surface area contributed by atoms with Gasteiger partial charge in [-0.05, 0) is 29.0 Å². The second kappa shape index (κ2) is 7.71. The van der Waals surface area contributed by atoms with Crippen molar-refractivity contribution in [2.45, 2.75) is 37.9 Å². The molecule has 2 aliphatic carbocycles. The zero-order chi connectivity index (χ0) is 18.7. The molecule has 0 bridgehead atoms. The van der Waals surface area contributed by atoms with Crippen LogP contribution in [0.4, 0.5) is 0 Å². The van der Waals surface area contributed by atoms with Crippen molar-refractivity contribution in [1.82, 2.24) is 0 Å². The first-order valence-corrected chi connectivity index (χ1v) is 9.24. The zero-order valence-corrected chi connectivity index (χ0v) is 15.0. The first-order valence-electron chi connectivity index (χ1n) is 9.24. The third-order valence-electron chi connectivity index (χ3n) is 5.76. The molecule has 1 N–H and O–H groups in total. The van der Waals surface area contributed by atoms with Crippen molar-refractivity contribution >= 4 is 0 Å². The molecule has 0 aliphatic heterocycles. The maximum Gasteiger partial charge on any atom is 0.0904 e. The fourth-order valence-electron chi connectivity index (χ4n) is 4.29. The van der Waals surface area contributed by atoms with Crippen molar-refractivity contribution in [1.29, 1.82) is 0 Å². The van der Waals surface area contributed by atoms with E-state index < -0.39 is 12.1 Å². The van der Waals surface area contributed by atoms with Crippen molar-refractivity contribution in [3.63, 3.8) is 0 Å². The quantitative estimate of drug-likeness (QED) is 0.438. The van der Waals surface area contributed by atoms with E-state index in [4.69, 9.17) is 15.0 Å². The molecular formula is C21H23N3O3. The van der Waals surface area contributed by atoms with Crippen LogP contribution in [0.1, 0.15) is 17.5 Å². The first-order chi connectivity index (χ1) is 13.2. The lowest BCUT2D eigenvalue weighted by molar-refractivity contribution is -0.0503. The number of fused-ring (bicyclic) bond motifs is 1. The number of rotatable bonds is 8. The van der Waals surface area contributed by atoms with Crippen LogP contribution in [0.5, 0.6) is 0 Å². The summed E-state index contributed by atoms with van der Waals surface area (Å²) in [5.41, 5.74) is 10.8. The van der Waals surface area contributed by atoms with E-state index in [0.717, 1.165) is 17.5 Å². The van der Waals surface area contributed by atoms with Gasteiger partial charge in [-0.25, -0.2) is 0 Å². The molecule has 2 aromatic carbocycles. The first kappa shape index (κ1) is 18.0. The summed E-state index contributed by atoms with van der Waals surface area (Å²) in [4.78, 5) is 2.93. The van der Waals surface area contributed by atoms with Crippen LogP contribution in [0.15, 0.2) is 65.8 Å². The third kappa shape index (κ3) is 3.57. The molecule has 4 rings (SSSR count). The Hall–Kier alpha value is -2.37. The Kier molecular flexibility index (Phi) is 5.14. The molecule has 0 heterocycles. The Bertz CT molecular complexity index is 810. The van der Waals surface area contributed by atoms with Crippen molar-refractivity contribution in [3.8, 4) is 0 Å². The van der Waals surface area contributed by atoms with E-state index in [1.54, 1.807) is 0 Å². The van der Waals surface area contributed by atoms with Gasteiger partial charge in [-0.1, -0.05) is 65.8 Å². The minimum Gasteiger partial charge on any atom is -0.392 e. The van der Waals surface area contributed by atoms with Gasteiger partial charge in [-0.3, -0.25) is 0 Å². The monoisotopic (exact) mass is 365 g/mol. The molecule has 0 spiro atoms. The summed E-state index contributed by atoms with van der Waals surface area (Å²) in [6, 6.07) is 19.3. The van der Waals surface area contributed by atoms with Gasteiger partial charge < -0.3 is 14.6 Å². The van der Waals surface area contributed by atoms with Gasteiger partial charge in [0, 0.05) is 10.3 Å². The fraction of sp³-hybridized carbons (Fsp3) is 0.429. The summed E-state index contributed by atoms with van der Waals surface area (Å²) in [6.07, 6.45) is -0.189. The van der Waals surface area contributed by atoms with Crippen LogP contribution < -0.4 is 0 Å². The molecular weight excluding hydrogens is 342 g/mol. The van der Waals surface area contributed by atoms with Crippen LogP contribution in [0.25, 0.3) is 10.4 Å². The van der Waals surface area contributed by atoms with Gasteiger partial charge in [-0.2, -0.15) is 0 Å². The van der Waals surface area contributed by atoms with E-state index in [2.05, 4.69) is 10.0 Å². The Morgan fingerprint density at radius 1 is 1.04 bits per heavy atom. The van der Waals surface area contributed by atoms with Crippen LogP contribution in [-0.2, 0) is 22.7 Å². The highest BCUT2D eigenvalue weighted by molar-refractivity contribution is 5.23. The van der Waals surface area contributed by atoms with Crippen LogP contribution in [0.2, 0.25) is 0 Å². The molecule has 2 saturated carbocycles. The lowest BCUT2D eigenvalue weighted by Crippen LogP contribution is -2.38. The lowest BCUT2D eigenvalue weighted by atomic mass is 9.98. The van der Waals surface area contributed by atoms with Gasteiger partial charge >= 0.3 is 0 Å². The van der Waals surface area contributed by atoms with Crippen molar-refractivity contribution < 1.29 is 14.6 Å². The number of nitrogens with zero attached hydrogens (tertiary/aromatic N) is 3. The second-order valence-corrected chi connectivity index (χ2v) is 7.43. The van der Waals surface area contributed by atoms with E-state index in [0.29, 0.717) is 19.8 Å². The number of ether oxygens (including phenoxy) is 2. The molecule has 2 aliphatic rings. The number of benzene rings is 2. The van der Waals surface area contributed by atoms with E-state index in [-0.39, 0.29) is 17.4 Å². The smallest absolute Gasteiger partial charge is 0.0904 e. The molecule has 140 valence electrons. The summed E-state index contributed by atoms with van der Waals surface area (Å²) in [6.45, 7) is 1.42. The van der Waals surface area contributed by atoms with E-state index in [1.165, 1.54) is 0 Å². The van der Waals surface area contributed by atoms with E-state index in [9.17, 15) is 5.11 Å². The summed E-state index contributed by atoms with van der Waals surface area (Å²) in [5.74, 6) is 0.0598. The topological polar surface area (TPSA) is 87.5 Å². The summed E-state index contributed by atoms with van der Waals surface area (Å²) in [5, 5.41) is 14.4. The van der Waals surface area contributed by atoms with Gasteiger partial charge in [0.15, 0.2) is 0 Å². The molecule has 0 aromatic heterocycles. The van der Waals surface area contributed by atoms with Crippen molar-refractivity contribution in [2.24, 2.45) is 16.4 Å². The second-order valence-electron chi connectivity index (χ2n) is 7.43. The molecule has 2 fully saturated rings. The average molecular weight is 365 g/mol. The highest BCUT2D eigenvalue weighted by atomic mass is 16.5. The highest BCUT2D eigenvalue weighted by Gasteiger charge is 2.71. The fourth-order valence-corrected chi connectivity index (χ4v) is 4.29. The Labute approximate surface area is 158 Å². The predicted octanol–water partition coefficient (Wildman–Crippen LogP) is 3.85. The molecule has 0 amide bonds. The normalized spacial score (nSPS) is 31.1. The minimum atomic E-state index is -0.679. The molecule has 5 atom stereocenters. The Balaban J connectivity index is 1.45. The molecule has 0 saturated heterocycles. The third-order valence-corrected chi connectivity index (χ3v) is 5.76. The number of hydrogen-bond donors (Lipinski definition) is 1. The number of aliphatic hydroxyl groups is 1. The maximum atomic E-state index is 10.6. The van der Waals surface area contributed by atoms with Gasteiger partial charge in [0.2, 0.25) is 0 Å². The number of azide groups is 1. The number of aliphatic hydroxyl groups excluding tert-OH is 1. The minimum absolute atomic E-state index is 0.0598. The largest absolute Gasteiger partial charge is 0.392 e. The molecule has 0 radical (unpaired) electrons. The van der Waals surface area contributed by atoms with Crippen LogP contribution >= 0.6 is 0 Å². The van der Waals surface area contributed by atoms with Crippen molar-refractivity contribution in [2.75, 3.05) is 6.61 Å². The zero-order valence-electron chi connectivity index (χ0n) is 15.0. The van der Waals surface area contributed by atoms with Crippen LogP contribution in [0, 0.1) is 11.3 Å². The predicted molar refractivity (Wildman–Crippen MR) is 101 cm³/mol. The van der Waals surface area contributed by atoms with Gasteiger partial charge in [0.25, 0.3) is 0 Å². The molecule has 0 unspecified atom stereocenters. The Morgan fingerprint density at radius 3 is 2.30 bits per heavy atom. The van der Waals surface area contributed by atoms with Crippen LogP contribution in [0.3, 0.4) is 0 Å². The Morgan fingerprint density at radius 2 is 1.67 bits per heavy atom. The SMILES string of the molecule is [N-]=[N+]=N[C@@H]1[C@@H](O)[C@H]2C[C@@]2(COCc2ccccc2)[C@H]1OCc1ccccc1. The van der Waals surface area contributed by atoms with E-state index in [1.807, 2.05) is 60.7 Å². The number of hydrogen-bond acceptors (Lipinski definition) is 4. The van der Waals surface area contributed by atoms with Gasteiger partial charge in [-0.15, -0.1) is 0 Å². The lowest BCUT2D eigenvalue weighted by Gasteiger charge is -2.27. The van der Waals surface area contributed by atoms with Gasteiger partial charge in [0.1, 0.15) is 0 Å².